The van der Waals surface area contributed by atoms with Gasteiger partial charge in [0.2, 0.25) is 5.91 Å². The lowest BCUT2D eigenvalue weighted by molar-refractivity contribution is -0.150. The van der Waals surface area contributed by atoms with Crippen LogP contribution in [-0.4, -0.2) is 45.5 Å². The minimum atomic E-state index is -1.43. The second kappa shape index (κ2) is 7.49. The number of β-lactam (4-membered cyclic amide) rings is 1. The standard InChI is InChI=1S/C16H17N3O5S/c1-8(7-20)12(16(23)24)19-14(22)11(15(19)25)18-13(21)10(17)9-5-3-2-4-6-9/h2-7,10-11,15,25H,17H2,1H3,(H,18,21)(H,23,24)/t10-,11-,15-/m1/s1. The smallest absolute Gasteiger partial charge is 0.353 e. The Morgan fingerprint density at radius 2 is 1.96 bits per heavy atom. The van der Waals surface area contributed by atoms with Crippen LogP contribution in [0.1, 0.15) is 18.5 Å². The van der Waals surface area contributed by atoms with E-state index in [0.717, 1.165) is 4.90 Å². The summed E-state index contributed by atoms with van der Waals surface area (Å²) >= 11 is 4.17. The molecular weight excluding hydrogens is 346 g/mol. The van der Waals surface area contributed by atoms with E-state index >= 15 is 0 Å². The summed E-state index contributed by atoms with van der Waals surface area (Å²) in [4.78, 5) is 47.4. The quantitative estimate of drug-likeness (QED) is 0.240. The van der Waals surface area contributed by atoms with Gasteiger partial charge in [-0.15, -0.1) is 0 Å². The summed E-state index contributed by atoms with van der Waals surface area (Å²) in [6.07, 6.45) is 0.342. The number of nitrogens with one attached hydrogen (secondary N) is 1. The molecule has 3 atom stereocenters. The Bertz CT molecular complexity index is 749. The van der Waals surface area contributed by atoms with Crippen LogP contribution in [0.5, 0.6) is 0 Å². The lowest BCUT2D eigenvalue weighted by Crippen LogP contribution is -2.69. The van der Waals surface area contributed by atoms with Gasteiger partial charge in [-0.25, -0.2) is 4.79 Å². The van der Waals surface area contributed by atoms with Crippen LogP contribution >= 0.6 is 12.6 Å². The van der Waals surface area contributed by atoms with E-state index in [1.807, 2.05) is 0 Å². The Morgan fingerprint density at radius 1 is 1.36 bits per heavy atom. The average Bonchev–Trinajstić information content (AvgIpc) is 2.62. The zero-order valence-corrected chi connectivity index (χ0v) is 14.1. The Morgan fingerprint density at radius 3 is 2.44 bits per heavy atom. The molecular formula is C16H17N3O5S. The molecule has 1 aliphatic heterocycles. The van der Waals surface area contributed by atoms with Crippen LogP contribution in [0.15, 0.2) is 41.6 Å². The lowest BCUT2D eigenvalue weighted by Gasteiger charge is -2.44. The van der Waals surface area contributed by atoms with E-state index < -0.39 is 40.9 Å². The first kappa shape index (κ1) is 18.7. The number of carboxylic acids is 1. The van der Waals surface area contributed by atoms with Crippen LogP contribution < -0.4 is 11.1 Å². The topological polar surface area (TPSA) is 130 Å². The number of aliphatic carboxylic acids is 1. The van der Waals surface area contributed by atoms with Crippen molar-refractivity contribution < 1.29 is 24.3 Å². The minimum Gasteiger partial charge on any atom is -0.477 e. The van der Waals surface area contributed by atoms with Gasteiger partial charge >= 0.3 is 5.97 Å². The SMILES string of the molecule is CC(C=O)=C(C(=O)O)N1C(=O)[C@@H](NC(=O)[C@H](N)c2ccccc2)[C@H]1S. The van der Waals surface area contributed by atoms with Crippen LogP contribution in [-0.2, 0) is 19.2 Å². The van der Waals surface area contributed by atoms with Gasteiger partial charge in [0, 0.05) is 5.57 Å². The van der Waals surface area contributed by atoms with Crippen LogP contribution in [0, 0.1) is 0 Å². The number of likely N-dealkylation sites (tertiary alicyclic amines) is 1. The van der Waals surface area contributed by atoms with Crippen molar-refractivity contribution in [3.8, 4) is 0 Å². The monoisotopic (exact) mass is 363 g/mol. The van der Waals surface area contributed by atoms with Gasteiger partial charge in [0.15, 0.2) is 0 Å². The van der Waals surface area contributed by atoms with Crippen LogP contribution in [0.2, 0.25) is 0 Å². The van der Waals surface area contributed by atoms with E-state index in [1.54, 1.807) is 30.3 Å². The van der Waals surface area contributed by atoms with Gasteiger partial charge in [-0.05, 0) is 12.5 Å². The first-order valence-electron chi connectivity index (χ1n) is 7.31. The van der Waals surface area contributed by atoms with Crippen molar-refractivity contribution in [2.45, 2.75) is 24.4 Å². The molecule has 0 bridgehead atoms. The van der Waals surface area contributed by atoms with E-state index in [-0.39, 0.29) is 5.57 Å². The maximum atomic E-state index is 12.2. The number of carboxylic acid groups (broad SMARTS) is 1. The van der Waals surface area contributed by atoms with E-state index in [0.29, 0.717) is 11.8 Å². The fourth-order valence-corrected chi connectivity index (χ4v) is 2.86. The van der Waals surface area contributed by atoms with Crippen LogP contribution in [0.25, 0.3) is 0 Å². The highest BCUT2D eigenvalue weighted by Crippen LogP contribution is 2.30. The molecule has 2 rings (SSSR count). The summed E-state index contributed by atoms with van der Waals surface area (Å²) in [6.45, 7) is 1.28. The number of carbonyl (C=O) groups excluding carboxylic acids is 3. The zero-order valence-electron chi connectivity index (χ0n) is 13.2. The predicted molar refractivity (Wildman–Crippen MR) is 91.3 cm³/mol. The third-order valence-electron chi connectivity index (χ3n) is 3.80. The number of allylic oxidation sites excluding steroid dienone is 1. The van der Waals surface area contributed by atoms with Crippen molar-refractivity contribution in [2.75, 3.05) is 0 Å². The van der Waals surface area contributed by atoms with Crippen molar-refractivity contribution in [3.63, 3.8) is 0 Å². The van der Waals surface area contributed by atoms with Crippen molar-refractivity contribution in [2.24, 2.45) is 5.73 Å². The zero-order chi connectivity index (χ0) is 18.7. The van der Waals surface area contributed by atoms with E-state index in [2.05, 4.69) is 17.9 Å². The third kappa shape index (κ3) is 3.57. The molecule has 8 nitrogen and oxygen atoms in total. The summed E-state index contributed by atoms with van der Waals surface area (Å²) in [7, 11) is 0. The fourth-order valence-electron chi connectivity index (χ4n) is 2.43. The maximum Gasteiger partial charge on any atom is 0.353 e. The van der Waals surface area contributed by atoms with Gasteiger partial charge in [0.05, 0.1) is 0 Å². The molecule has 0 radical (unpaired) electrons. The summed E-state index contributed by atoms with van der Waals surface area (Å²) in [5.41, 5.74) is 5.85. The number of hydrogen-bond acceptors (Lipinski definition) is 6. The van der Waals surface area contributed by atoms with E-state index in [1.165, 1.54) is 6.92 Å². The molecule has 2 amide bonds. The molecule has 9 heteroatoms. The van der Waals surface area contributed by atoms with Crippen molar-refractivity contribution in [1.82, 2.24) is 10.2 Å². The number of nitrogens with two attached hydrogens (primary N) is 1. The third-order valence-corrected chi connectivity index (χ3v) is 4.33. The summed E-state index contributed by atoms with van der Waals surface area (Å²) in [6, 6.07) is 6.58. The van der Waals surface area contributed by atoms with Crippen molar-refractivity contribution >= 4 is 36.7 Å². The molecule has 1 aliphatic rings. The van der Waals surface area contributed by atoms with Gasteiger partial charge in [-0.3, -0.25) is 19.3 Å². The highest BCUT2D eigenvalue weighted by atomic mass is 32.1. The molecule has 1 saturated heterocycles. The number of hydrogen-bond donors (Lipinski definition) is 4. The van der Waals surface area contributed by atoms with Crippen LogP contribution in [0.4, 0.5) is 0 Å². The molecule has 0 aliphatic carbocycles. The number of aldehydes is 1. The number of rotatable bonds is 6. The van der Waals surface area contributed by atoms with Crippen molar-refractivity contribution in [3.05, 3.63) is 47.2 Å². The Balaban J connectivity index is 2.11. The Labute approximate surface area is 149 Å². The molecule has 1 fully saturated rings. The normalized spacial score (nSPS) is 21.7. The lowest BCUT2D eigenvalue weighted by atomic mass is 10.0. The maximum absolute atomic E-state index is 12.2. The average molecular weight is 363 g/mol. The molecule has 0 aromatic heterocycles. The highest BCUT2D eigenvalue weighted by Gasteiger charge is 2.50. The van der Waals surface area contributed by atoms with Gasteiger partial charge in [-0.1, -0.05) is 30.3 Å². The Hall–Kier alpha value is -2.65. The van der Waals surface area contributed by atoms with E-state index in [4.69, 9.17) is 5.73 Å². The summed E-state index contributed by atoms with van der Waals surface area (Å²) in [5, 5.41) is 10.7. The second-order valence-electron chi connectivity index (χ2n) is 5.45. The van der Waals surface area contributed by atoms with Gasteiger partial charge in [0.1, 0.15) is 29.4 Å². The molecule has 0 unspecified atom stereocenters. The molecule has 132 valence electrons. The molecule has 0 saturated carbocycles. The Kier molecular flexibility index (Phi) is 5.60. The number of nitrogens with zero attached hydrogens (tertiary/aromatic N) is 1. The molecule has 4 N–H and O–H groups in total. The summed E-state index contributed by atoms with van der Waals surface area (Å²) < 4.78 is 0. The number of carbonyl (C=O) groups is 4. The fraction of sp³-hybridized carbons (Fsp3) is 0.250. The summed E-state index contributed by atoms with van der Waals surface area (Å²) in [5.74, 6) is -2.69. The predicted octanol–water partition coefficient (Wildman–Crippen LogP) is -0.173. The first-order chi connectivity index (χ1) is 11.8. The number of benzene rings is 1. The molecule has 1 heterocycles. The largest absolute Gasteiger partial charge is 0.477 e. The molecule has 1 aromatic rings. The second-order valence-corrected chi connectivity index (χ2v) is 5.98. The molecule has 25 heavy (non-hydrogen) atoms. The van der Waals surface area contributed by atoms with Gasteiger partial charge < -0.3 is 16.2 Å². The number of thiol groups is 1. The molecule has 0 spiro atoms. The highest BCUT2D eigenvalue weighted by molar-refractivity contribution is 7.81. The minimum absolute atomic E-state index is 0.120. The van der Waals surface area contributed by atoms with Gasteiger partial charge in [0.25, 0.3) is 5.91 Å². The first-order valence-corrected chi connectivity index (χ1v) is 7.82. The van der Waals surface area contributed by atoms with E-state index in [9.17, 15) is 24.3 Å². The van der Waals surface area contributed by atoms with Crippen molar-refractivity contribution in [1.29, 1.82) is 0 Å². The number of amides is 2. The van der Waals surface area contributed by atoms with Crippen LogP contribution in [0.3, 0.4) is 0 Å². The molecule has 1 aromatic carbocycles. The van der Waals surface area contributed by atoms with Gasteiger partial charge in [-0.2, -0.15) is 12.6 Å².